The topological polar surface area (TPSA) is 48.4 Å². The van der Waals surface area contributed by atoms with Crippen molar-refractivity contribution in [3.8, 4) is 17.1 Å². The average Bonchev–Trinajstić information content (AvgIpc) is 2.85. The van der Waals surface area contributed by atoms with E-state index in [4.69, 9.17) is 14.9 Å². The van der Waals surface area contributed by atoms with Gasteiger partial charge in [0, 0.05) is 12.0 Å². The zero-order valence-corrected chi connectivity index (χ0v) is 9.98. The third-order valence-electron chi connectivity index (χ3n) is 2.66. The molecule has 0 amide bonds. The summed E-state index contributed by atoms with van der Waals surface area (Å²) in [6, 6.07) is 11.8. The Morgan fingerprint density at radius 1 is 1.12 bits per heavy atom. The Morgan fingerprint density at radius 3 is 2.53 bits per heavy atom. The molecule has 17 heavy (non-hydrogen) atoms. The monoisotopic (exact) mass is 231 g/mol. The zero-order chi connectivity index (χ0) is 12.1. The largest absolute Gasteiger partial charge is 0.497 e. The Kier molecular flexibility index (Phi) is 3.83. The Labute approximate surface area is 101 Å². The fraction of sp³-hybridized carbons (Fsp3) is 0.286. The van der Waals surface area contributed by atoms with Crippen molar-refractivity contribution in [1.82, 2.24) is 0 Å². The number of ether oxygens (including phenoxy) is 1. The maximum atomic E-state index is 5.75. The maximum Gasteiger partial charge on any atom is 0.134 e. The van der Waals surface area contributed by atoms with Crippen LogP contribution in [0.4, 0.5) is 0 Å². The van der Waals surface area contributed by atoms with Crippen LogP contribution in [-0.2, 0) is 6.42 Å². The highest BCUT2D eigenvalue weighted by molar-refractivity contribution is 5.58. The van der Waals surface area contributed by atoms with Crippen LogP contribution in [0, 0.1) is 0 Å². The number of aryl methyl sites for hydroxylation is 1. The van der Waals surface area contributed by atoms with E-state index in [1.165, 1.54) is 0 Å². The molecule has 2 aromatic rings. The predicted octanol–water partition coefficient (Wildman–Crippen LogP) is 2.85. The molecule has 2 N–H and O–H groups in total. The quantitative estimate of drug-likeness (QED) is 0.860. The van der Waals surface area contributed by atoms with Gasteiger partial charge in [0.2, 0.25) is 0 Å². The van der Waals surface area contributed by atoms with E-state index in [1.807, 2.05) is 36.4 Å². The second kappa shape index (κ2) is 5.55. The van der Waals surface area contributed by atoms with Crippen molar-refractivity contribution >= 4 is 0 Å². The first-order chi connectivity index (χ1) is 8.33. The number of hydrogen-bond acceptors (Lipinski definition) is 3. The lowest BCUT2D eigenvalue weighted by Gasteiger charge is -2.00. The molecule has 0 aliphatic carbocycles. The SMILES string of the molecule is COc1ccc(-c2ccc(CCCN)o2)cc1. The Bertz CT molecular complexity index is 459. The Morgan fingerprint density at radius 2 is 1.88 bits per heavy atom. The van der Waals surface area contributed by atoms with Crippen molar-refractivity contribution in [1.29, 1.82) is 0 Å². The molecule has 0 fully saturated rings. The van der Waals surface area contributed by atoms with Gasteiger partial charge in [-0.15, -0.1) is 0 Å². The summed E-state index contributed by atoms with van der Waals surface area (Å²) in [5.74, 6) is 2.73. The molecule has 0 saturated heterocycles. The predicted molar refractivity (Wildman–Crippen MR) is 68.1 cm³/mol. The second-order valence-corrected chi connectivity index (χ2v) is 3.89. The zero-order valence-electron chi connectivity index (χ0n) is 9.98. The van der Waals surface area contributed by atoms with Crippen LogP contribution in [0.15, 0.2) is 40.8 Å². The first-order valence-corrected chi connectivity index (χ1v) is 5.76. The minimum atomic E-state index is 0.693. The van der Waals surface area contributed by atoms with Gasteiger partial charge in [-0.3, -0.25) is 0 Å². The van der Waals surface area contributed by atoms with Crippen LogP contribution in [0.2, 0.25) is 0 Å². The lowest BCUT2D eigenvalue weighted by molar-refractivity contribution is 0.415. The van der Waals surface area contributed by atoms with Crippen LogP contribution in [-0.4, -0.2) is 13.7 Å². The molecule has 2 rings (SSSR count). The summed E-state index contributed by atoms with van der Waals surface area (Å²) < 4.78 is 10.9. The number of rotatable bonds is 5. The smallest absolute Gasteiger partial charge is 0.134 e. The van der Waals surface area contributed by atoms with E-state index in [2.05, 4.69) is 0 Å². The molecule has 3 heteroatoms. The number of nitrogens with two attached hydrogens (primary N) is 1. The van der Waals surface area contributed by atoms with E-state index in [-0.39, 0.29) is 0 Å². The first-order valence-electron chi connectivity index (χ1n) is 5.76. The van der Waals surface area contributed by atoms with Crippen molar-refractivity contribution < 1.29 is 9.15 Å². The summed E-state index contributed by atoms with van der Waals surface area (Å²) in [7, 11) is 1.66. The lowest BCUT2D eigenvalue weighted by atomic mass is 10.2. The van der Waals surface area contributed by atoms with Crippen LogP contribution >= 0.6 is 0 Å². The van der Waals surface area contributed by atoms with Gasteiger partial charge in [-0.25, -0.2) is 0 Å². The lowest BCUT2D eigenvalue weighted by Crippen LogP contribution is -1.99. The summed E-state index contributed by atoms with van der Waals surface area (Å²) >= 11 is 0. The maximum absolute atomic E-state index is 5.75. The van der Waals surface area contributed by atoms with Crippen LogP contribution < -0.4 is 10.5 Å². The fourth-order valence-electron chi connectivity index (χ4n) is 1.70. The number of hydrogen-bond donors (Lipinski definition) is 1. The van der Waals surface area contributed by atoms with Crippen LogP contribution in [0.25, 0.3) is 11.3 Å². The minimum absolute atomic E-state index is 0.693. The van der Waals surface area contributed by atoms with E-state index < -0.39 is 0 Å². The van der Waals surface area contributed by atoms with Crippen molar-refractivity contribution in [2.24, 2.45) is 5.73 Å². The molecule has 0 spiro atoms. The summed E-state index contributed by atoms with van der Waals surface area (Å²) in [4.78, 5) is 0. The van der Waals surface area contributed by atoms with E-state index in [9.17, 15) is 0 Å². The molecule has 0 unspecified atom stereocenters. The van der Waals surface area contributed by atoms with E-state index in [0.29, 0.717) is 6.54 Å². The molecular weight excluding hydrogens is 214 g/mol. The van der Waals surface area contributed by atoms with E-state index in [0.717, 1.165) is 35.7 Å². The van der Waals surface area contributed by atoms with Crippen LogP contribution in [0.3, 0.4) is 0 Å². The molecule has 3 nitrogen and oxygen atoms in total. The third kappa shape index (κ3) is 2.88. The first kappa shape index (κ1) is 11.7. The summed E-state index contributed by atoms with van der Waals surface area (Å²) in [5, 5.41) is 0. The molecule has 0 atom stereocenters. The fourth-order valence-corrected chi connectivity index (χ4v) is 1.70. The summed E-state index contributed by atoms with van der Waals surface area (Å²) in [6.07, 6.45) is 1.85. The molecule has 0 bridgehead atoms. The van der Waals surface area contributed by atoms with Gasteiger partial charge in [-0.05, 0) is 49.4 Å². The Hall–Kier alpha value is -1.74. The highest BCUT2D eigenvalue weighted by Crippen LogP contribution is 2.24. The van der Waals surface area contributed by atoms with Gasteiger partial charge in [0.1, 0.15) is 17.3 Å². The van der Waals surface area contributed by atoms with Gasteiger partial charge in [0.15, 0.2) is 0 Å². The van der Waals surface area contributed by atoms with Gasteiger partial charge in [0.25, 0.3) is 0 Å². The van der Waals surface area contributed by atoms with E-state index >= 15 is 0 Å². The third-order valence-corrected chi connectivity index (χ3v) is 2.66. The van der Waals surface area contributed by atoms with Gasteiger partial charge in [-0.1, -0.05) is 0 Å². The molecule has 90 valence electrons. The molecule has 0 aliphatic rings. The summed E-state index contributed by atoms with van der Waals surface area (Å²) in [6.45, 7) is 0.693. The number of methoxy groups -OCH3 is 1. The van der Waals surface area contributed by atoms with Crippen molar-refractivity contribution in [2.45, 2.75) is 12.8 Å². The molecule has 1 aromatic carbocycles. The minimum Gasteiger partial charge on any atom is -0.497 e. The Balaban J connectivity index is 2.12. The van der Waals surface area contributed by atoms with Gasteiger partial charge in [-0.2, -0.15) is 0 Å². The molecular formula is C14H17NO2. The molecule has 0 aliphatic heterocycles. The van der Waals surface area contributed by atoms with Crippen molar-refractivity contribution in [3.63, 3.8) is 0 Å². The van der Waals surface area contributed by atoms with Gasteiger partial charge < -0.3 is 14.9 Å². The summed E-state index contributed by atoms with van der Waals surface area (Å²) in [5.41, 5.74) is 6.53. The molecule has 1 heterocycles. The van der Waals surface area contributed by atoms with Crippen LogP contribution in [0.1, 0.15) is 12.2 Å². The molecule has 0 saturated carbocycles. The normalized spacial score (nSPS) is 10.5. The number of benzene rings is 1. The second-order valence-electron chi connectivity index (χ2n) is 3.89. The standard InChI is InChI=1S/C14H17NO2/c1-16-12-6-4-11(5-7-12)14-9-8-13(17-14)3-2-10-15/h4-9H,2-3,10,15H2,1H3. The molecule has 1 aromatic heterocycles. The van der Waals surface area contributed by atoms with Gasteiger partial charge in [0.05, 0.1) is 7.11 Å². The van der Waals surface area contributed by atoms with Crippen LogP contribution in [0.5, 0.6) is 5.75 Å². The average molecular weight is 231 g/mol. The van der Waals surface area contributed by atoms with E-state index in [1.54, 1.807) is 7.11 Å². The van der Waals surface area contributed by atoms with Crippen molar-refractivity contribution in [2.75, 3.05) is 13.7 Å². The highest BCUT2D eigenvalue weighted by atomic mass is 16.5. The molecule has 0 radical (unpaired) electrons. The van der Waals surface area contributed by atoms with Crippen molar-refractivity contribution in [3.05, 3.63) is 42.2 Å². The highest BCUT2D eigenvalue weighted by Gasteiger charge is 2.04. The number of furan rings is 1. The van der Waals surface area contributed by atoms with Gasteiger partial charge >= 0.3 is 0 Å².